The number of methoxy groups -OCH3 is 1. The molecule has 21 heavy (non-hydrogen) atoms. The Morgan fingerprint density at radius 3 is 2.19 bits per heavy atom. The monoisotopic (exact) mass is 324 g/mol. The maximum Gasteiger partial charge on any atom is 0.118 e. The Kier molecular flexibility index (Phi) is 5.88. The quantitative estimate of drug-likeness (QED) is 0.630. The van der Waals surface area contributed by atoms with Gasteiger partial charge in [-0.1, -0.05) is 41.4 Å². The van der Waals surface area contributed by atoms with Crippen LogP contribution >= 0.6 is 23.2 Å². The molecule has 3 N–H and O–H groups in total. The van der Waals surface area contributed by atoms with Crippen LogP contribution in [-0.4, -0.2) is 13.2 Å². The molecule has 2 aromatic rings. The van der Waals surface area contributed by atoms with Crippen LogP contribution in [0.3, 0.4) is 0 Å². The highest BCUT2D eigenvalue weighted by Gasteiger charge is 2.10. The fourth-order valence-corrected chi connectivity index (χ4v) is 2.51. The van der Waals surface area contributed by atoms with Crippen molar-refractivity contribution in [2.45, 2.75) is 18.9 Å². The molecule has 112 valence electrons. The van der Waals surface area contributed by atoms with Crippen LogP contribution in [0.2, 0.25) is 10.0 Å². The van der Waals surface area contributed by atoms with Gasteiger partial charge in [0.2, 0.25) is 0 Å². The largest absolute Gasteiger partial charge is 0.497 e. The van der Waals surface area contributed by atoms with Crippen molar-refractivity contribution in [3.63, 3.8) is 0 Å². The topological polar surface area (TPSA) is 47.3 Å². The summed E-state index contributed by atoms with van der Waals surface area (Å²) in [5.41, 5.74) is 5.15. The van der Waals surface area contributed by atoms with Gasteiger partial charge in [-0.2, -0.15) is 0 Å². The smallest absolute Gasteiger partial charge is 0.118 e. The Bertz CT molecular complexity index is 587. The van der Waals surface area contributed by atoms with Gasteiger partial charge in [0.05, 0.1) is 17.2 Å². The third-order valence-corrected chi connectivity index (χ3v) is 4.08. The van der Waals surface area contributed by atoms with E-state index in [0.717, 1.165) is 24.2 Å². The Morgan fingerprint density at radius 2 is 1.62 bits per heavy atom. The minimum Gasteiger partial charge on any atom is -0.497 e. The van der Waals surface area contributed by atoms with E-state index in [1.54, 1.807) is 13.2 Å². The second-order valence-corrected chi connectivity index (χ2v) is 5.68. The van der Waals surface area contributed by atoms with Gasteiger partial charge in [-0.05, 0) is 48.2 Å². The number of hydrazine groups is 1. The number of benzene rings is 2. The van der Waals surface area contributed by atoms with Crippen LogP contribution in [0.4, 0.5) is 0 Å². The van der Waals surface area contributed by atoms with Crippen LogP contribution in [0, 0.1) is 0 Å². The predicted octanol–water partition coefficient (Wildman–Crippen LogP) is 3.62. The van der Waals surface area contributed by atoms with Gasteiger partial charge < -0.3 is 4.74 Å². The standard InChI is InChI=1S/C16H18Cl2N2O/c1-21-14-5-2-11(3-6-14)8-13(20-19)9-12-4-7-15(17)16(18)10-12/h2-7,10,13,20H,8-9,19H2,1H3. The molecule has 2 aromatic carbocycles. The van der Waals surface area contributed by atoms with E-state index in [4.69, 9.17) is 33.8 Å². The normalized spacial score (nSPS) is 12.2. The van der Waals surface area contributed by atoms with Gasteiger partial charge in [-0.3, -0.25) is 11.3 Å². The van der Waals surface area contributed by atoms with Crippen molar-refractivity contribution < 1.29 is 4.74 Å². The molecule has 2 rings (SSSR count). The maximum absolute atomic E-state index is 6.04. The summed E-state index contributed by atoms with van der Waals surface area (Å²) in [6.45, 7) is 0. The van der Waals surface area contributed by atoms with Crippen LogP contribution in [0.5, 0.6) is 5.75 Å². The summed E-state index contributed by atoms with van der Waals surface area (Å²) in [5.74, 6) is 6.51. The highest BCUT2D eigenvalue weighted by molar-refractivity contribution is 6.42. The van der Waals surface area contributed by atoms with E-state index in [1.807, 2.05) is 36.4 Å². The van der Waals surface area contributed by atoms with Crippen molar-refractivity contribution >= 4 is 23.2 Å². The number of hydrogen-bond donors (Lipinski definition) is 2. The van der Waals surface area contributed by atoms with Crippen molar-refractivity contribution in [2.75, 3.05) is 7.11 Å². The number of nitrogens with one attached hydrogen (secondary N) is 1. The Hall–Kier alpha value is -1.26. The summed E-state index contributed by atoms with van der Waals surface area (Å²) in [7, 11) is 1.66. The Balaban J connectivity index is 2.03. The van der Waals surface area contributed by atoms with E-state index in [0.29, 0.717) is 10.0 Å². The van der Waals surface area contributed by atoms with E-state index >= 15 is 0 Å². The molecule has 0 fully saturated rings. The average Bonchev–Trinajstić information content (AvgIpc) is 2.51. The molecule has 0 amide bonds. The van der Waals surface area contributed by atoms with E-state index in [-0.39, 0.29) is 6.04 Å². The second kappa shape index (κ2) is 7.66. The molecule has 0 saturated carbocycles. The molecular formula is C16H18Cl2N2O. The van der Waals surface area contributed by atoms with Crippen molar-refractivity contribution in [1.29, 1.82) is 0 Å². The fraction of sp³-hybridized carbons (Fsp3) is 0.250. The lowest BCUT2D eigenvalue weighted by Crippen LogP contribution is -2.38. The summed E-state index contributed by atoms with van der Waals surface area (Å²) in [6.07, 6.45) is 1.60. The maximum atomic E-state index is 6.04. The Labute approximate surface area is 135 Å². The lowest BCUT2D eigenvalue weighted by Gasteiger charge is -2.16. The first kappa shape index (κ1) is 16.1. The van der Waals surface area contributed by atoms with Crippen LogP contribution in [-0.2, 0) is 12.8 Å². The van der Waals surface area contributed by atoms with E-state index in [9.17, 15) is 0 Å². The molecule has 0 heterocycles. The van der Waals surface area contributed by atoms with Crippen molar-refractivity contribution in [1.82, 2.24) is 5.43 Å². The third-order valence-electron chi connectivity index (χ3n) is 3.34. The number of nitrogens with two attached hydrogens (primary N) is 1. The number of hydrogen-bond acceptors (Lipinski definition) is 3. The third kappa shape index (κ3) is 4.61. The summed E-state index contributed by atoms with van der Waals surface area (Å²) in [4.78, 5) is 0. The summed E-state index contributed by atoms with van der Waals surface area (Å²) < 4.78 is 5.15. The highest BCUT2D eigenvalue weighted by atomic mass is 35.5. The molecule has 1 unspecified atom stereocenters. The van der Waals surface area contributed by atoms with E-state index in [2.05, 4.69) is 5.43 Å². The molecule has 0 aliphatic rings. The second-order valence-electron chi connectivity index (χ2n) is 4.87. The van der Waals surface area contributed by atoms with Gasteiger partial charge in [0.25, 0.3) is 0 Å². The van der Waals surface area contributed by atoms with Gasteiger partial charge in [-0.15, -0.1) is 0 Å². The van der Waals surface area contributed by atoms with Gasteiger partial charge in [-0.25, -0.2) is 0 Å². The van der Waals surface area contributed by atoms with Crippen molar-refractivity contribution in [2.24, 2.45) is 5.84 Å². The van der Waals surface area contributed by atoms with Gasteiger partial charge in [0.15, 0.2) is 0 Å². The van der Waals surface area contributed by atoms with E-state index in [1.165, 1.54) is 5.56 Å². The molecule has 0 spiro atoms. The summed E-state index contributed by atoms with van der Waals surface area (Å²) >= 11 is 12.0. The first-order valence-electron chi connectivity index (χ1n) is 6.65. The minimum atomic E-state index is 0.121. The van der Waals surface area contributed by atoms with Crippen molar-refractivity contribution in [3.8, 4) is 5.75 Å². The van der Waals surface area contributed by atoms with Gasteiger partial charge in [0.1, 0.15) is 5.75 Å². The summed E-state index contributed by atoms with van der Waals surface area (Å²) in [5, 5.41) is 1.13. The molecule has 1 atom stereocenters. The lowest BCUT2D eigenvalue weighted by atomic mass is 9.99. The van der Waals surface area contributed by atoms with Crippen molar-refractivity contribution in [3.05, 3.63) is 63.6 Å². The molecular weight excluding hydrogens is 307 g/mol. The molecule has 0 saturated heterocycles. The average molecular weight is 325 g/mol. The first-order valence-corrected chi connectivity index (χ1v) is 7.41. The molecule has 0 aliphatic carbocycles. The number of halogens is 2. The molecule has 0 bridgehead atoms. The van der Waals surface area contributed by atoms with Crippen LogP contribution in [0.25, 0.3) is 0 Å². The van der Waals surface area contributed by atoms with Gasteiger partial charge in [0, 0.05) is 6.04 Å². The molecule has 0 aliphatic heterocycles. The number of ether oxygens (including phenoxy) is 1. The Morgan fingerprint density at radius 1 is 1.00 bits per heavy atom. The zero-order chi connectivity index (χ0) is 15.2. The number of rotatable bonds is 6. The lowest BCUT2D eigenvalue weighted by molar-refractivity contribution is 0.414. The molecule has 5 heteroatoms. The minimum absolute atomic E-state index is 0.121. The van der Waals surface area contributed by atoms with Crippen LogP contribution in [0.15, 0.2) is 42.5 Å². The fourth-order valence-electron chi connectivity index (χ4n) is 2.19. The molecule has 0 aromatic heterocycles. The molecule has 3 nitrogen and oxygen atoms in total. The van der Waals surface area contributed by atoms with Crippen LogP contribution < -0.4 is 16.0 Å². The SMILES string of the molecule is COc1ccc(CC(Cc2ccc(Cl)c(Cl)c2)NN)cc1. The van der Waals surface area contributed by atoms with E-state index < -0.39 is 0 Å². The van der Waals surface area contributed by atoms with Crippen LogP contribution in [0.1, 0.15) is 11.1 Å². The zero-order valence-corrected chi connectivity index (χ0v) is 13.3. The predicted molar refractivity (Wildman–Crippen MR) is 88.0 cm³/mol. The zero-order valence-electron chi connectivity index (χ0n) is 11.8. The highest BCUT2D eigenvalue weighted by Crippen LogP contribution is 2.23. The first-order chi connectivity index (χ1) is 10.1. The summed E-state index contributed by atoms with van der Waals surface area (Å²) in [6, 6.07) is 13.7. The molecule has 0 radical (unpaired) electrons. The van der Waals surface area contributed by atoms with Gasteiger partial charge >= 0.3 is 0 Å².